The summed E-state index contributed by atoms with van der Waals surface area (Å²) in [5.74, 6) is 0.458. The van der Waals surface area contributed by atoms with E-state index in [2.05, 4.69) is 16.0 Å². The summed E-state index contributed by atoms with van der Waals surface area (Å²) in [5, 5.41) is 10.3. The van der Waals surface area contributed by atoms with E-state index in [1.54, 1.807) is 50.4 Å². The number of carbonyl (C=O) groups is 1. The van der Waals surface area contributed by atoms with Crippen LogP contribution < -0.4 is 20.7 Å². The van der Waals surface area contributed by atoms with Gasteiger partial charge in [-0.05, 0) is 61.1 Å². The molecule has 0 bridgehead atoms. The van der Waals surface area contributed by atoms with Crippen LogP contribution in [0.2, 0.25) is 10.0 Å². The Balaban J connectivity index is 1.92. The lowest BCUT2D eigenvalue weighted by atomic mass is 9.95. The van der Waals surface area contributed by atoms with Crippen molar-refractivity contribution in [3.05, 3.63) is 69.3 Å². The Kier molecular flexibility index (Phi) is 5.89. The van der Waals surface area contributed by atoms with E-state index in [0.717, 1.165) is 5.56 Å². The summed E-state index contributed by atoms with van der Waals surface area (Å²) in [6.07, 6.45) is 0. The van der Waals surface area contributed by atoms with Crippen molar-refractivity contribution in [3.63, 3.8) is 0 Å². The molecule has 8 heteroatoms. The number of rotatable bonds is 4. The summed E-state index contributed by atoms with van der Waals surface area (Å²) < 4.78 is 5.14. The maximum Gasteiger partial charge on any atom is 0.255 e. The van der Waals surface area contributed by atoms with Crippen molar-refractivity contribution in [1.29, 1.82) is 0 Å². The number of halogens is 2. The summed E-state index contributed by atoms with van der Waals surface area (Å²) in [6, 6.07) is 11.9. The first-order chi connectivity index (χ1) is 12.9. The molecule has 0 radical (unpaired) electrons. The van der Waals surface area contributed by atoms with Gasteiger partial charge in [0.1, 0.15) is 5.75 Å². The molecule has 0 fully saturated rings. The molecule has 2 aromatic rings. The smallest absolute Gasteiger partial charge is 0.255 e. The highest BCUT2D eigenvalue weighted by Gasteiger charge is 2.30. The molecule has 1 atom stereocenters. The monoisotopic (exact) mass is 421 g/mol. The highest BCUT2D eigenvalue weighted by molar-refractivity contribution is 7.80. The van der Waals surface area contributed by atoms with Crippen LogP contribution in [0, 0.1) is 0 Å². The fraction of sp³-hybridized carbons (Fsp3) is 0.158. The topological polar surface area (TPSA) is 62.4 Å². The number of anilines is 1. The third-order valence-corrected chi connectivity index (χ3v) is 5.10. The molecule has 1 unspecified atom stereocenters. The quantitative estimate of drug-likeness (QED) is 0.637. The summed E-state index contributed by atoms with van der Waals surface area (Å²) in [4.78, 5) is 13.0. The largest absolute Gasteiger partial charge is 0.497 e. The molecule has 140 valence electrons. The lowest BCUT2D eigenvalue weighted by Gasteiger charge is -2.30. The number of thiocarbonyl (C=S) groups is 1. The summed E-state index contributed by atoms with van der Waals surface area (Å²) in [5.41, 5.74) is 2.62. The predicted molar refractivity (Wildman–Crippen MR) is 112 cm³/mol. The van der Waals surface area contributed by atoms with Crippen LogP contribution in [-0.2, 0) is 4.79 Å². The van der Waals surface area contributed by atoms with Gasteiger partial charge in [0.25, 0.3) is 5.91 Å². The summed E-state index contributed by atoms with van der Waals surface area (Å²) in [7, 11) is 1.59. The molecule has 3 N–H and O–H groups in total. The molecule has 0 saturated carbocycles. The summed E-state index contributed by atoms with van der Waals surface area (Å²) in [6.45, 7) is 1.81. The van der Waals surface area contributed by atoms with Crippen molar-refractivity contribution in [2.75, 3.05) is 12.4 Å². The molecule has 3 rings (SSSR count). The fourth-order valence-corrected chi connectivity index (χ4v) is 3.39. The van der Waals surface area contributed by atoms with Crippen molar-refractivity contribution in [2.24, 2.45) is 0 Å². The SMILES string of the molecule is COc1ccc(NC(=O)C2=C(C)NC(=S)NC2c2ccc(Cl)c(Cl)c2)cc1. The second kappa shape index (κ2) is 8.17. The average molecular weight is 422 g/mol. The van der Waals surface area contributed by atoms with Crippen molar-refractivity contribution in [3.8, 4) is 5.75 Å². The van der Waals surface area contributed by atoms with Crippen LogP contribution in [0.25, 0.3) is 0 Å². The Hall–Kier alpha value is -2.28. The Labute approximate surface area is 172 Å². The number of methoxy groups -OCH3 is 1. The first kappa shape index (κ1) is 19.5. The van der Waals surface area contributed by atoms with Gasteiger partial charge in [0.15, 0.2) is 5.11 Å². The fourth-order valence-electron chi connectivity index (χ4n) is 2.81. The zero-order valence-corrected chi connectivity index (χ0v) is 16.9. The van der Waals surface area contributed by atoms with Gasteiger partial charge >= 0.3 is 0 Å². The van der Waals surface area contributed by atoms with Gasteiger partial charge in [-0.2, -0.15) is 0 Å². The molecular formula is C19H17Cl2N3O2S. The number of allylic oxidation sites excluding steroid dienone is 1. The molecule has 1 aliphatic heterocycles. The molecule has 1 aliphatic rings. The third kappa shape index (κ3) is 4.35. The van der Waals surface area contributed by atoms with E-state index in [1.807, 2.05) is 6.07 Å². The molecular weight excluding hydrogens is 405 g/mol. The van der Waals surface area contributed by atoms with E-state index in [1.165, 1.54) is 0 Å². The first-order valence-corrected chi connectivity index (χ1v) is 9.24. The molecule has 1 amide bonds. The molecule has 0 aliphatic carbocycles. The first-order valence-electron chi connectivity index (χ1n) is 8.07. The third-order valence-electron chi connectivity index (χ3n) is 4.14. The lowest BCUT2D eigenvalue weighted by Crippen LogP contribution is -2.45. The van der Waals surface area contributed by atoms with E-state index < -0.39 is 6.04 Å². The maximum absolute atomic E-state index is 13.0. The lowest BCUT2D eigenvalue weighted by molar-refractivity contribution is -0.113. The number of hydrogen-bond acceptors (Lipinski definition) is 3. The van der Waals surface area contributed by atoms with Gasteiger partial charge in [-0.15, -0.1) is 0 Å². The van der Waals surface area contributed by atoms with Crippen molar-refractivity contribution in [2.45, 2.75) is 13.0 Å². The minimum atomic E-state index is -0.452. The van der Waals surface area contributed by atoms with Gasteiger partial charge < -0.3 is 20.7 Å². The van der Waals surface area contributed by atoms with Crippen LogP contribution in [0.3, 0.4) is 0 Å². The number of nitrogens with one attached hydrogen (secondary N) is 3. The highest BCUT2D eigenvalue weighted by atomic mass is 35.5. The maximum atomic E-state index is 13.0. The number of amides is 1. The number of benzene rings is 2. The second-order valence-electron chi connectivity index (χ2n) is 5.93. The minimum absolute atomic E-state index is 0.253. The zero-order valence-electron chi connectivity index (χ0n) is 14.6. The number of hydrogen-bond donors (Lipinski definition) is 3. The Morgan fingerprint density at radius 1 is 1.15 bits per heavy atom. The van der Waals surface area contributed by atoms with Crippen LogP contribution in [-0.4, -0.2) is 18.1 Å². The summed E-state index contributed by atoms with van der Waals surface area (Å²) >= 11 is 17.4. The molecule has 1 heterocycles. The van der Waals surface area contributed by atoms with Gasteiger partial charge in [-0.3, -0.25) is 4.79 Å². The van der Waals surface area contributed by atoms with E-state index >= 15 is 0 Å². The minimum Gasteiger partial charge on any atom is -0.497 e. The molecule has 5 nitrogen and oxygen atoms in total. The Morgan fingerprint density at radius 2 is 1.85 bits per heavy atom. The number of ether oxygens (including phenoxy) is 1. The van der Waals surface area contributed by atoms with Crippen LogP contribution >= 0.6 is 35.4 Å². The Bertz CT molecular complexity index is 929. The van der Waals surface area contributed by atoms with Crippen molar-refractivity contribution >= 4 is 52.1 Å². The average Bonchev–Trinajstić information content (AvgIpc) is 2.63. The molecule has 0 aromatic heterocycles. The predicted octanol–water partition coefficient (Wildman–Crippen LogP) is 4.43. The van der Waals surface area contributed by atoms with Gasteiger partial charge in [0.05, 0.1) is 28.8 Å². The second-order valence-corrected chi connectivity index (χ2v) is 7.15. The van der Waals surface area contributed by atoms with Crippen LogP contribution in [0.5, 0.6) is 5.75 Å². The van der Waals surface area contributed by atoms with Crippen LogP contribution in [0.4, 0.5) is 5.69 Å². The molecule has 0 saturated heterocycles. The van der Waals surface area contributed by atoms with Gasteiger partial charge in [0, 0.05) is 11.4 Å². The number of carbonyl (C=O) groups excluding carboxylic acids is 1. The molecule has 0 spiro atoms. The van der Waals surface area contributed by atoms with Gasteiger partial charge in [-0.1, -0.05) is 29.3 Å². The standard InChI is InChI=1S/C19H17Cl2N3O2S/c1-10-16(18(25)23-12-4-6-13(26-2)7-5-12)17(24-19(27)22-10)11-3-8-14(20)15(21)9-11/h3-9,17H,1-2H3,(H,23,25)(H2,22,24,27). The van der Waals surface area contributed by atoms with Crippen LogP contribution in [0.15, 0.2) is 53.7 Å². The zero-order chi connectivity index (χ0) is 19.6. The normalized spacial score (nSPS) is 16.4. The highest BCUT2D eigenvalue weighted by Crippen LogP contribution is 2.32. The molecule has 2 aromatic carbocycles. The Morgan fingerprint density at radius 3 is 2.48 bits per heavy atom. The molecule has 27 heavy (non-hydrogen) atoms. The van der Waals surface area contributed by atoms with Gasteiger partial charge in [0.2, 0.25) is 0 Å². The van der Waals surface area contributed by atoms with E-state index in [9.17, 15) is 4.79 Å². The van der Waals surface area contributed by atoms with E-state index in [4.69, 9.17) is 40.2 Å². The van der Waals surface area contributed by atoms with Gasteiger partial charge in [-0.25, -0.2) is 0 Å². The van der Waals surface area contributed by atoms with E-state index in [-0.39, 0.29) is 5.91 Å². The van der Waals surface area contributed by atoms with Crippen LogP contribution in [0.1, 0.15) is 18.5 Å². The van der Waals surface area contributed by atoms with Crippen molar-refractivity contribution < 1.29 is 9.53 Å². The van der Waals surface area contributed by atoms with Crippen molar-refractivity contribution in [1.82, 2.24) is 10.6 Å². The van der Waals surface area contributed by atoms with E-state index in [0.29, 0.717) is 37.9 Å².